The molecule has 8 nitrogen and oxygen atoms in total. The Morgan fingerprint density at radius 1 is 1.33 bits per heavy atom. The van der Waals surface area contributed by atoms with Crippen molar-refractivity contribution >= 4 is 23.3 Å². The van der Waals surface area contributed by atoms with Gasteiger partial charge >= 0.3 is 5.97 Å². The smallest absolute Gasteiger partial charge is 0.326 e. The number of para-hydroxylation sites is 2. The molecule has 114 valence electrons. The van der Waals surface area contributed by atoms with Crippen molar-refractivity contribution in [3.8, 4) is 0 Å². The molecule has 3 N–H and O–H groups in total. The summed E-state index contributed by atoms with van der Waals surface area (Å²) in [6.07, 6.45) is 0. The lowest BCUT2D eigenvalue weighted by Crippen LogP contribution is -2.46. The Hall–Kier alpha value is -2.64. The fraction of sp³-hybridized carbons (Fsp3) is 0.385. The predicted octanol–water partition coefficient (Wildman–Crippen LogP) is 1.23. The van der Waals surface area contributed by atoms with Crippen molar-refractivity contribution in [1.29, 1.82) is 0 Å². The second kappa shape index (κ2) is 7.22. The van der Waals surface area contributed by atoms with E-state index in [4.69, 9.17) is 5.11 Å². The summed E-state index contributed by atoms with van der Waals surface area (Å²) in [5, 5.41) is 24.8. The van der Waals surface area contributed by atoms with E-state index in [1.54, 1.807) is 19.9 Å². The summed E-state index contributed by atoms with van der Waals surface area (Å²) >= 11 is 0. The van der Waals surface area contributed by atoms with Crippen LogP contribution in [0.1, 0.15) is 13.8 Å². The van der Waals surface area contributed by atoms with Crippen LogP contribution in [0.15, 0.2) is 24.3 Å². The maximum Gasteiger partial charge on any atom is 0.326 e. The van der Waals surface area contributed by atoms with Gasteiger partial charge in [0.05, 0.1) is 11.5 Å². The largest absolute Gasteiger partial charge is 0.480 e. The van der Waals surface area contributed by atoms with E-state index in [0.717, 1.165) is 0 Å². The maximum atomic E-state index is 11.7. The molecule has 1 rings (SSSR count). The minimum absolute atomic E-state index is 0.149. The number of rotatable bonds is 7. The van der Waals surface area contributed by atoms with Gasteiger partial charge in [-0.25, -0.2) is 4.79 Å². The number of hydrogen-bond acceptors (Lipinski definition) is 5. The van der Waals surface area contributed by atoms with Crippen molar-refractivity contribution in [2.75, 3.05) is 11.9 Å². The van der Waals surface area contributed by atoms with Gasteiger partial charge in [-0.15, -0.1) is 0 Å². The molecule has 1 aromatic rings. The number of benzene rings is 1. The van der Waals surface area contributed by atoms with Gasteiger partial charge in [0.1, 0.15) is 11.7 Å². The molecule has 1 amide bonds. The van der Waals surface area contributed by atoms with Crippen LogP contribution in [-0.4, -0.2) is 34.5 Å². The number of hydrogen-bond donors (Lipinski definition) is 3. The van der Waals surface area contributed by atoms with Crippen LogP contribution >= 0.6 is 0 Å². The van der Waals surface area contributed by atoms with Crippen LogP contribution in [0.5, 0.6) is 0 Å². The third kappa shape index (κ3) is 4.75. The quantitative estimate of drug-likeness (QED) is 0.514. The molecule has 0 spiro atoms. The van der Waals surface area contributed by atoms with Crippen LogP contribution in [0, 0.1) is 16.0 Å². The highest BCUT2D eigenvalue weighted by Gasteiger charge is 2.23. The van der Waals surface area contributed by atoms with E-state index in [0.29, 0.717) is 0 Å². The number of carbonyl (C=O) groups excluding carboxylic acids is 1. The number of nitro benzene ring substituents is 1. The molecule has 0 aromatic heterocycles. The number of carboxylic acids is 1. The molecule has 1 aromatic carbocycles. The first-order valence-electron chi connectivity index (χ1n) is 6.32. The SMILES string of the molecule is CC(C)[C@@H](NC(=O)CNc1ccccc1[N+](=O)[O-])C(=O)O. The van der Waals surface area contributed by atoms with Gasteiger partial charge < -0.3 is 15.7 Å². The molecule has 0 bridgehead atoms. The number of amides is 1. The molecule has 0 saturated carbocycles. The Kier molecular flexibility index (Phi) is 5.65. The summed E-state index contributed by atoms with van der Waals surface area (Å²) in [5.74, 6) is -1.93. The molecule has 0 heterocycles. The summed E-state index contributed by atoms with van der Waals surface area (Å²) in [6, 6.07) is 4.91. The van der Waals surface area contributed by atoms with E-state index >= 15 is 0 Å². The van der Waals surface area contributed by atoms with Crippen LogP contribution in [0.25, 0.3) is 0 Å². The molecule has 8 heteroatoms. The van der Waals surface area contributed by atoms with E-state index in [-0.39, 0.29) is 23.8 Å². The first kappa shape index (κ1) is 16.4. The second-order valence-corrected chi connectivity index (χ2v) is 4.76. The average molecular weight is 295 g/mol. The van der Waals surface area contributed by atoms with Gasteiger partial charge in [-0.2, -0.15) is 0 Å². The zero-order chi connectivity index (χ0) is 16.0. The highest BCUT2D eigenvalue weighted by molar-refractivity contribution is 5.86. The van der Waals surface area contributed by atoms with Gasteiger partial charge in [-0.1, -0.05) is 26.0 Å². The minimum atomic E-state index is -1.12. The van der Waals surface area contributed by atoms with E-state index < -0.39 is 22.8 Å². The number of nitro groups is 1. The van der Waals surface area contributed by atoms with Gasteiger partial charge in [0.2, 0.25) is 5.91 Å². The highest BCUT2D eigenvalue weighted by atomic mass is 16.6. The van der Waals surface area contributed by atoms with Gasteiger partial charge in [0.25, 0.3) is 5.69 Å². The topological polar surface area (TPSA) is 122 Å². The zero-order valence-electron chi connectivity index (χ0n) is 11.7. The molecule has 0 unspecified atom stereocenters. The predicted molar refractivity (Wildman–Crippen MR) is 76.0 cm³/mol. The lowest BCUT2D eigenvalue weighted by molar-refractivity contribution is -0.383. The first-order valence-corrected chi connectivity index (χ1v) is 6.32. The number of nitrogens with zero attached hydrogens (tertiary/aromatic N) is 1. The van der Waals surface area contributed by atoms with Crippen molar-refractivity contribution in [2.45, 2.75) is 19.9 Å². The Balaban J connectivity index is 2.65. The molecular formula is C13H17N3O5. The number of carboxylic acid groups (broad SMARTS) is 1. The molecule has 0 saturated heterocycles. The lowest BCUT2D eigenvalue weighted by atomic mass is 10.1. The van der Waals surface area contributed by atoms with Crippen LogP contribution in [0.4, 0.5) is 11.4 Å². The minimum Gasteiger partial charge on any atom is -0.480 e. The van der Waals surface area contributed by atoms with E-state index in [2.05, 4.69) is 10.6 Å². The zero-order valence-corrected chi connectivity index (χ0v) is 11.7. The summed E-state index contributed by atoms with van der Waals surface area (Å²) in [4.78, 5) is 32.9. The number of aliphatic carboxylic acids is 1. The Labute approximate surface area is 121 Å². The maximum absolute atomic E-state index is 11.7. The van der Waals surface area contributed by atoms with Crippen molar-refractivity contribution in [1.82, 2.24) is 5.32 Å². The second-order valence-electron chi connectivity index (χ2n) is 4.76. The Morgan fingerprint density at radius 3 is 2.48 bits per heavy atom. The summed E-state index contributed by atoms with van der Waals surface area (Å²) < 4.78 is 0. The summed E-state index contributed by atoms with van der Waals surface area (Å²) in [5.41, 5.74) is 0.0537. The number of carbonyl (C=O) groups is 2. The molecule has 0 aliphatic rings. The van der Waals surface area contributed by atoms with Gasteiger partial charge in [0, 0.05) is 6.07 Å². The third-order valence-corrected chi connectivity index (χ3v) is 2.79. The fourth-order valence-electron chi connectivity index (χ4n) is 1.70. The van der Waals surface area contributed by atoms with Crippen LogP contribution in [0.3, 0.4) is 0 Å². The van der Waals surface area contributed by atoms with Crippen molar-refractivity contribution in [2.24, 2.45) is 5.92 Å². The molecule has 0 aliphatic carbocycles. The highest BCUT2D eigenvalue weighted by Crippen LogP contribution is 2.22. The normalized spacial score (nSPS) is 11.8. The monoisotopic (exact) mass is 295 g/mol. The average Bonchev–Trinajstić information content (AvgIpc) is 2.42. The first-order chi connectivity index (χ1) is 9.82. The van der Waals surface area contributed by atoms with Crippen LogP contribution in [0.2, 0.25) is 0 Å². The van der Waals surface area contributed by atoms with Crippen LogP contribution in [-0.2, 0) is 9.59 Å². The van der Waals surface area contributed by atoms with Crippen molar-refractivity contribution < 1.29 is 19.6 Å². The van der Waals surface area contributed by atoms with E-state index in [1.165, 1.54) is 18.2 Å². The van der Waals surface area contributed by atoms with Crippen molar-refractivity contribution in [3.05, 3.63) is 34.4 Å². The summed E-state index contributed by atoms with van der Waals surface area (Å²) in [6.45, 7) is 3.10. The van der Waals surface area contributed by atoms with Gasteiger partial charge in [-0.3, -0.25) is 14.9 Å². The fourth-order valence-corrected chi connectivity index (χ4v) is 1.70. The van der Waals surface area contributed by atoms with E-state index in [1.807, 2.05) is 0 Å². The summed E-state index contributed by atoms with van der Waals surface area (Å²) in [7, 11) is 0. The Bertz CT molecular complexity index is 544. The molecular weight excluding hydrogens is 278 g/mol. The number of nitrogens with one attached hydrogen (secondary N) is 2. The van der Waals surface area contributed by atoms with Gasteiger partial charge in [0.15, 0.2) is 0 Å². The standard InChI is InChI=1S/C13H17N3O5/c1-8(2)12(13(18)19)15-11(17)7-14-9-5-3-4-6-10(9)16(20)21/h3-6,8,12,14H,7H2,1-2H3,(H,15,17)(H,18,19)/t12-/m1/s1. The van der Waals surface area contributed by atoms with E-state index in [9.17, 15) is 19.7 Å². The molecule has 0 fully saturated rings. The third-order valence-electron chi connectivity index (χ3n) is 2.79. The molecule has 0 radical (unpaired) electrons. The molecule has 1 atom stereocenters. The van der Waals surface area contributed by atoms with Crippen LogP contribution < -0.4 is 10.6 Å². The number of anilines is 1. The lowest BCUT2D eigenvalue weighted by Gasteiger charge is -2.18. The molecule has 0 aliphatic heterocycles. The van der Waals surface area contributed by atoms with Gasteiger partial charge in [-0.05, 0) is 12.0 Å². The van der Waals surface area contributed by atoms with Crippen molar-refractivity contribution in [3.63, 3.8) is 0 Å². The Morgan fingerprint density at radius 2 is 1.95 bits per heavy atom. The molecule has 21 heavy (non-hydrogen) atoms.